The van der Waals surface area contributed by atoms with E-state index in [2.05, 4.69) is 10.3 Å². The number of hydrogen-bond donors (Lipinski definition) is 2. The van der Waals surface area contributed by atoms with E-state index >= 15 is 0 Å². The molecule has 0 spiro atoms. The van der Waals surface area contributed by atoms with Gasteiger partial charge < -0.3 is 20.3 Å². The van der Waals surface area contributed by atoms with Crippen LogP contribution in [0.2, 0.25) is 0 Å². The highest BCUT2D eigenvalue weighted by molar-refractivity contribution is 7.85. The van der Waals surface area contributed by atoms with Crippen LogP contribution in [0.4, 0.5) is 28.9 Å². The van der Waals surface area contributed by atoms with Crippen LogP contribution in [0.3, 0.4) is 0 Å². The highest BCUT2D eigenvalue weighted by Crippen LogP contribution is 2.35. The fraction of sp³-hybridized carbons (Fsp3) is 0.192. The number of nitrogens with zero attached hydrogens (tertiary/aromatic N) is 2. The average molecular weight is 564 g/mol. The third-order valence-electron chi connectivity index (χ3n) is 5.94. The smallest absolute Gasteiger partial charge is 0.430 e. The lowest BCUT2D eigenvalue weighted by molar-refractivity contribution is -0.344. The van der Waals surface area contributed by atoms with Crippen molar-refractivity contribution in [3.8, 4) is 5.75 Å². The Labute approximate surface area is 219 Å². The number of carbonyl (C=O) groups excluding carboxylic acids is 1. The van der Waals surface area contributed by atoms with Crippen LogP contribution in [0.5, 0.6) is 5.75 Å². The molecule has 8 nitrogen and oxygen atoms in total. The summed E-state index contributed by atoms with van der Waals surface area (Å²) in [5.74, 6) is -3.50. The van der Waals surface area contributed by atoms with Crippen LogP contribution >= 0.6 is 0 Å². The zero-order valence-corrected chi connectivity index (χ0v) is 21.1. The number of carboxylic acid groups (broad SMARTS) is 1. The number of anilines is 1. The predicted octanol–water partition coefficient (Wildman–Crippen LogP) is 2.04. The summed E-state index contributed by atoms with van der Waals surface area (Å²) in [5, 5.41) is 24.3. The van der Waals surface area contributed by atoms with Crippen molar-refractivity contribution in [1.29, 1.82) is 0 Å². The molecule has 204 valence electrons. The Bertz CT molecular complexity index is 1700. The summed E-state index contributed by atoms with van der Waals surface area (Å²) in [4.78, 5) is 13.5. The molecule has 3 aromatic rings. The van der Waals surface area contributed by atoms with Gasteiger partial charge in [0.05, 0.1) is 16.3 Å². The van der Waals surface area contributed by atoms with Crippen LogP contribution < -0.4 is 21.0 Å². The van der Waals surface area contributed by atoms with Crippen LogP contribution in [-0.2, 0) is 21.4 Å². The third-order valence-corrected chi connectivity index (χ3v) is 7.61. The van der Waals surface area contributed by atoms with E-state index in [9.17, 15) is 31.1 Å². The number of phenols is 1. The van der Waals surface area contributed by atoms with Crippen LogP contribution in [0.1, 0.15) is 17.5 Å². The summed E-state index contributed by atoms with van der Waals surface area (Å²) >= 11 is 0. The highest BCUT2D eigenvalue weighted by Gasteiger charge is 2.39. The molecular weight excluding hydrogens is 542 g/mol. The fourth-order valence-electron chi connectivity index (χ4n) is 4.01. The van der Waals surface area contributed by atoms with Crippen LogP contribution in [0, 0.1) is 12.7 Å². The first kappa shape index (κ1) is 27.8. The number of rotatable bonds is 5. The first-order valence-corrected chi connectivity index (χ1v) is 12.9. The molecule has 0 atom stereocenters. The molecule has 39 heavy (non-hydrogen) atoms. The summed E-state index contributed by atoms with van der Waals surface area (Å²) in [5.41, 5.74) is 3.19. The molecular formula is C26H21F4N3O5S. The molecule has 0 radical (unpaired) electrons. The molecule has 5 rings (SSSR count). The van der Waals surface area contributed by atoms with Gasteiger partial charge in [0.25, 0.3) is 5.69 Å². The number of sulfonamides is 1. The molecule has 0 aliphatic carbocycles. The Morgan fingerprint density at radius 2 is 1.74 bits per heavy atom. The summed E-state index contributed by atoms with van der Waals surface area (Å²) in [6, 6.07) is 14.4. The lowest BCUT2D eigenvalue weighted by Crippen LogP contribution is -2.37. The van der Waals surface area contributed by atoms with Crippen LogP contribution in [0.25, 0.3) is 5.57 Å². The summed E-state index contributed by atoms with van der Waals surface area (Å²) in [6.07, 6.45) is -3.01. The molecule has 0 fully saturated rings. The number of aryl methyl sites for hydroxylation is 1. The Hall–Kier alpha value is -4.26. The van der Waals surface area contributed by atoms with Gasteiger partial charge in [0.2, 0.25) is 5.75 Å². The van der Waals surface area contributed by atoms with Gasteiger partial charge in [-0.3, -0.25) is 4.99 Å². The molecule has 0 aromatic heterocycles. The second kappa shape index (κ2) is 10.5. The number of carbonyl (C=O) groups is 1. The van der Waals surface area contributed by atoms with E-state index in [4.69, 9.17) is 9.90 Å². The van der Waals surface area contributed by atoms with Crippen molar-refractivity contribution in [3.63, 3.8) is 0 Å². The van der Waals surface area contributed by atoms with Gasteiger partial charge in [-0.25, -0.2) is 4.39 Å². The van der Waals surface area contributed by atoms with E-state index in [0.29, 0.717) is 35.8 Å². The molecule has 2 aliphatic rings. The number of carboxylic acids is 1. The topological polar surface area (TPSA) is 122 Å². The standard InChI is InChI=1S/C24H20FN3O3S.C2HF3O2/c1-15-2-8-19(9-3-15)32(30,31)28-14-17-10-11-26-20-12-21(24(29)23(28)22(17)20)27-13-16-4-6-18(25)7-5-16;3-2(4,5)1(6)7/h2-9,12,14H,10-11,13H2,1H3,(H,26,27);(H,6,7). The maximum absolute atomic E-state index is 13.5. The number of hydrogen-bond acceptors (Lipinski definition) is 7. The van der Waals surface area contributed by atoms with Gasteiger partial charge in [-0.2, -0.15) is 21.6 Å². The van der Waals surface area contributed by atoms with Crippen LogP contribution in [-0.4, -0.2) is 42.4 Å². The normalized spacial score (nSPS) is 14.0. The van der Waals surface area contributed by atoms with Gasteiger partial charge in [-0.05, 0) is 49.2 Å². The molecule has 13 heteroatoms. The van der Waals surface area contributed by atoms with Crippen molar-refractivity contribution in [2.24, 2.45) is 4.99 Å². The van der Waals surface area contributed by atoms with Gasteiger partial charge in [-0.1, -0.05) is 33.8 Å². The van der Waals surface area contributed by atoms with Crippen molar-refractivity contribution >= 4 is 39.2 Å². The van der Waals surface area contributed by atoms with Gasteiger partial charge >= 0.3 is 16.2 Å². The molecule has 0 unspecified atom stereocenters. The quantitative estimate of drug-likeness (QED) is 0.279. The number of halogens is 4. The Morgan fingerprint density at radius 1 is 1.13 bits per heavy atom. The Kier molecular flexibility index (Phi) is 7.46. The average Bonchev–Trinajstić information content (AvgIpc) is 3.28. The van der Waals surface area contributed by atoms with E-state index in [1.54, 1.807) is 48.7 Å². The summed E-state index contributed by atoms with van der Waals surface area (Å²) < 4.78 is 72.8. The maximum Gasteiger partial charge on any atom is 0.430 e. The minimum absolute atomic E-state index is 0.147. The lowest BCUT2D eigenvalue weighted by Gasteiger charge is -2.11. The first-order chi connectivity index (χ1) is 18.3. The predicted molar refractivity (Wildman–Crippen MR) is 131 cm³/mol. The number of phenolic OH excluding ortho intramolecular Hbond substituents is 1. The highest BCUT2D eigenvalue weighted by atomic mass is 32.2. The number of nitrogens with one attached hydrogen (secondary N) is 1. The molecule has 0 saturated carbocycles. The number of aromatic hydroxyl groups is 1. The molecule has 2 N–H and O–H groups in total. The third kappa shape index (κ3) is 5.77. The van der Waals surface area contributed by atoms with E-state index in [1.807, 2.05) is 6.92 Å². The maximum atomic E-state index is 13.5. The fourth-order valence-corrected chi connectivity index (χ4v) is 5.40. The molecule has 3 aromatic carbocycles. The largest absolute Gasteiger partial charge is 0.542 e. The second-order valence-electron chi connectivity index (χ2n) is 8.68. The van der Waals surface area contributed by atoms with Crippen molar-refractivity contribution in [3.05, 3.63) is 82.1 Å². The van der Waals surface area contributed by atoms with E-state index < -0.39 is 22.2 Å². The molecule has 0 amide bonds. The van der Waals surface area contributed by atoms with E-state index in [-0.39, 0.29) is 22.1 Å². The number of alkyl halides is 3. The molecule has 2 heterocycles. The minimum atomic E-state index is -5.19. The van der Waals surface area contributed by atoms with Gasteiger partial charge in [-0.15, -0.1) is 0 Å². The van der Waals surface area contributed by atoms with E-state index in [0.717, 1.165) is 20.7 Å². The van der Waals surface area contributed by atoms with Gasteiger partial charge in [0, 0.05) is 18.7 Å². The van der Waals surface area contributed by atoms with E-state index in [1.165, 1.54) is 12.1 Å². The van der Waals surface area contributed by atoms with Crippen molar-refractivity contribution in [2.75, 3.05) is 11.9 Å². The minimum Gasteiger partial charge on any atom is -0.542 e. The first-order valence-electron chi connectivity index (χ1n) is 11.4. The number of benzene rings is 3. The van der Waals surface area contributed by atoms with Crippen molar-refractivity contribution < 1.29 is 45.0 Å². The lowest BCUT2D eigenvalue weighted by atomic mass is 10.1. The van der Waals surface area contributed by atoms with Crippen molar-refractivity contribution in [2.45, 2.75) is 31.0 Å². The Balaban J connectivity index is 0.000000448. The molecule has 0 saturated heterocycles. The molecule has 0 bridgehead atoms. The number of aliphatic carboxylic acids is 1. The van der Waals surface area contributed by atoms with Gasteiger partial charge in [0.15, 0.2) is 6.21 Å². The van der Waals surface area contributed by atoms with Crippen molar-refractivity contribution in [1.82, 2.24) is 0 Å². The van der Waals surface area contributed by atoms with Gasteiger partial charge in [0.1, 0.15) is 16.7 Å². The summed E-state index contributed by atoms with van der Waals surface area (Å²) in [6.45, 7) is 2.76. The second-order valence-corrected chi connectivity index (χ2v) is 10.5. The monoisotopic (exact) mass is 563 g/mol. The summed E-state index contributed by atoms with van der Waals surface area (Å²) in [7, 11) is -3.93. The Morgan fingerprint density at radius 3 is 2.33 bits per heavy atom. The zero-order chi connectivity index (χ0) is 28.5. The molecule has 2 aliphatic heterocycles. The van der Waals surface area contributed by atoms with Crippen LogP contribution in [0.15, 0.2) is 64.5 Å². The SMILES string of the molecule is Cc1ccc(S(=O)(=O)[N+]2=CC3=c4c2c(O)c(NCc2ccc(F)cc2)cc4=NCC3)cc1.O=C([O-])C(F)(F)F. The zero-order valence-electron chi connectivity index (χ0n) is 20.3.